The molecule has 0 spiro atoms. The fraction of sp³-hybridized carbons (Fsp3) is 0.500. The van der Waals surface area contributed by atoms with Crippen molar-refractivity contribution in [3.8, 4) is 12.3 Å². The van der Waals surface area contributed by atoms with Gasteiger partial charge in [-0.1, -0.05) is 5.92 Å². The molecule has 0 fully saturated rings. The summed E-state index contributed by atoms with van der Waals surface area (Å²) in [7, 11) is 0. The van der Waals surface area contributed by atoms with E-state index in [4.69, 9.17) is 6.42 Å². The molecule has 0 aliphatic heterocycles. The number of carbonyl (C=O) groups is 1. The van der Waals surface area contributed by atoms with Crippen LogP contribution in [0, 0.1) is 12.3 Å². The standard InChI is InChI=1S/C6H6F3NO/c1-3-4(2)10-5(11)6(7,8)9/h1,4H,2H3,(H,10,11). The Morgan fingerprint density at radius 1 is 1.64 bits per heavy atom. The molecule has 1 unspecified atom stereocenters. The van der Waals surface area contributed by atoms with Crippen LogP contribution in [-0.4, -0.2) is 18.1 Å². The highest BCUT2D eigenvalue weighted by atomic mass is 19.4. The van der Waals surface area contributed by atoms with Crippen molar-refractivity contribution >= 4 is 5.91 Å². The van der Waals surface area contributed by atoms with Gasteiger partial charge < -0.3 is 5.32 Å². The molecule has 11 heavy (non-hydrogen) atoms. The minimum absolute atomic E-state index is 0.899. The van der Waals surface area contributed by atoms with Crippen molar-refractivity contribution in [3.05, 3.63) is 0 Å². The number of carbonyl (C=O) groups excluding carboxylic acids is 1. The highest BCUT2D eigenvalue weighted by molar-refractivity contribution is 5.82. The van der Waals surface area contributed by atoms with Crippen LogP contribution in [0.15, 0.2) is 0 Å². The second-order valence-corrected chi connectivity index (χ2v) is 1.86. The molecule has 0 aromatic rings. The van der Waals surface area contributed by atoms with Crippen molar-refractivity contribution < 1.29 is 18.0 Å². The number of rotatable bonds is 1. The van der Waals surface area contributed by atoms with Crippen molar-refractivity contribution in [2.24, 2.45) is 0 Å². The van der Waals surface area contributed by atoms with Gasteiger partial charge in [0.15, 0.2) is 0 Å². The third-order valence-corrected chi connectivity index (χ3v) is 0.855. The van der Waals surface area contributed by atoms with Crippen molar-refractivity contribution in [2.45, 2.75) is 19.1 Å². The Balaban J connectivity index is 4.01. The van der Waals surface area contributed by atoms with Crippen LogP contribution < -0.4 is 5.32 Å². The predicted molar refractivity (Wildman–Crippen MR) is 32.5 cm³/mol. The van der Waals surface area contributed by atoms with Crippen molar-refractivity contribution in [3.63, 3.8) is 0 Å². The van der Waals surface area contributed by atoms with Crippen LogP contribution in [0.1, 0.15) is 6.92 Å². The maximum atomic E-state index is 11.5. The highest BCUT2D eigenvalue weighted by Crippen LogP contribution is 2.14. The first-order valence-corrected chi connectivity index (χ1v) is 2.71. The Morgan fingerprint density at radius 2 is 2.09 bits per heavy atom. The first-order valence-electron chi connectivity index (χ1n) is 2.71. The summed E-state index contributed by atoms with van der Waals surface area (Å²) in [5.41, 5.74) is 0. The lowest BCUT2D eigenvalue weighted by molar-refractivity contribution is -0.173. The molecule has 1 N–H and O–H groups in total. The number of halogens is 3. The Kier molecular flexibility index (Phi) is 2.93. The van der Waals surface area contributed by atoms with Crippen molar-refractivity contribution in [1.82, 2.24) is 5.32 Å². The first kappa shape index (κ1) is 9.82. The van der Waals surface area contributed by atoms with E-state index in [0.29, 0.717) is 0 Å². The molecular weight excluding hydrogens is 159 g/mol. The van der Waals surface area contributed by atoms with Crippen LogP contribution in [0.4, 0.5) is 13.2 Å². The normalized spacial score (nSPS) is 13.4. The molecule has 0 aliphatic rings. The summed E-state index contributed by atoms with van der Waals surface area (Å²) in [6.07, 6.45) is -0.125. The van der Waals surface area contributed by atoms with Crippen LogP contribution in [0.25, 0.3) is 0 Å². The summed E-state index contributed by atoms with van der Waals surface area (Å²) in [6.45, 7) is 1.28. The van der Waals surface area contributed by atoms with Gasteiger partial charge in [0.2, 0.25) is 0 Å². The van der Waals surface area contributed by atoms with Gasteiger partial charge in [-0.25, -0.2) is 0 Å². The number of hydrogen-bond donors (Lipinski definition) is 1. The molecule has 0 aromatic heterocycles. The molecule has 62 valence electrons. The minimum Gasteiger partial charge on any atom is -0.335 e. The van der Waals surface area contributed by atoms with E-state index < -0.39 is 18.1 Å². The third-order valence-electron chi connectivity index (χ3n) is 0.855. The molecule has 0 rings (SSSR count). The lowest BCUT2D eigenvalue weighted by Crippen LogP contribution is -2.41. The fourth-order valence-electron chi connectivity index (χ4n) is 0.320. The number of amides is 1. The Hall–Kier alpha value is -1.18. The van der Waals surface area contributed by atoms with Gasteiger partial charge in [-0.15, -0.1) is 6.42 Å². The molecule has 0 aliphatic carbocycles. The van der Waals surface area contributed by atoms with E-state index in [0.717, 1.165) is 0 Å². The molecule has 1 atom stereocenters. The van der Waals surface area contributed by atoms with Gasteiger partial charge in [0, 0.05) is 0 Å². The van der Waals surface area contributed by atoms with E-state index in [-0.39, 0.29) is 0 Å². The Labute approximate surface area is 61.8 Å². The molecule has 0 saturated heterocycles. The van der Waals surface area contributed by atoms with E-state index in [1.807, 2.05) is 5.92 Å². The van der Waals surface area contributed by atoms with E-state index in [1.54, 1.807) is 5.32 Å². The van der Waals surface area contributed by atoms with Gasteiger partial charge in [0.05, 0.1) is 6.04 Å². The Morgan fingerprint density at radius 3 is 2.36 bits per heavy atom. The molecule has 5 heteroatoms. The molecule has 1 amide bonds. The molecule has 0 heterocycles. The van der Waals surface area contributed by atoms with Crippen LogP contribution in [0.2, 0.25) is 0 Å². The van der Waals surface area contributed by atoms with Gasteiger partial charge in [0.1, 0.15) is 0 Å². The van der Waals surface area contributed by atoms with Gasteiger partial charge in [-0.05, 0) is 6.92 Å². The fourth-order valence-corrected chi connectivity index (χ4v) is 0.320. The van der Waals surface area contributed by atoms with E-state index >= 15 is 0 Å². The van der Waals surface area contributed by atoms with Crippen LogP contribution in [-0.2, 0) is 4.79 Å². The summed E-state index contributed by atoms with van der Waals surface area (Å²) in [4.78, 5) is 10.1. The zero-order valence-electron chi connectivity index (χ0n) is 5.70. The molecule has 2 nitrogen and oxygen atoms in total. The second kappa shape index (κ2) is 3.28. The average Bonchev–Trinajstić information content (AvgIpc) is 1.85. The summed E-state index contributed by atoms with van der Waals surface area (Å²) in [5, 5.41) is 1.57. The van der Waals surface area contributed by atoms with E-state index in [1.165, 1.54) is 6.92 Å². The number of nitrogens with one attached hydrogen (secondary N) is 1. The number of hydrogen-bond acceptors (Lipinski definition) is 1. The summed E-state index contributed by atoms with van der Waals surface area (Å²) in [5.74, 6) is -0.0752. The smallest absolute Gasteiger partial charge is 0.335 e. The molecule has 0 radical (unpaired) electrons. The van der Waals surface area contributed by atoms with Crippen LogP contribution in [0.3, 0.4) is 0 Å². The van der Waals surface area contributed by atoms with Gasteiger partial charge in [0.25, 0.3) is 0 Å². The summed E-state index contributed by atoms with van der Waals surface area (Å²) < 4.78 is 34.4. The topological polar surface area (TPSA) is 29.1 Å². The Bertz CT molecular complexity index is 191. The van der Waals surface area contributed by atoms with E-state index in [9.17, 15) is 18.0 Å². The first-order chi connectivity index (χ1) is 4.88. The number of alkyl halides is 3. The van der Waals surface area contributed by atoms with Crippen LogP contribution in [0.5, 0.6) is 0 Å². The molecular formula is C6H6F3NO. The maximum absolute atomic E-state index is 11.5. The highest BCUT2D eigenvalue weighted by Gasteiger charge is 2.38. The predicted octanol–water partition coefficient (Wildman–Crippen LogP) is 0.687. The van der Waals surface area contributed by atoms with E-state index in [2.05, 4.69) is 0 Å². The zero-order valence-corrected chi connectivity index (χ0v) is 5.70. The SMILES string of the molecule is C#CC(C)NC(=O)C(F)(F)F. The summed E-state index contributed by atoms with van der Waals surface area (Å²) in [6, 6.07) is -0.899. The van der Waals surface area contributed by atoms with Gasteiger partial charge >= 0.3 is 12.1 Å². The lowest BCUT2D eigenvalue weighted by atomic mass is 10.3. The second-order valence-electron chi connectivity index (χ2n) is 1.86. The van der Waals surface area contributed by atoms with Gasteiger partial charge in [-0.3, -0.25) is 4.79 Å². The number of terminal acetylenes is 1. The molecule has 0 saturated carbocycles. The lowest BCUT2D eigenvalue weighted by Gasteiger charge is -2.09. The zero-order chi connectivity index (χ0) is 9.07. The van der Waals surface area contributed by atoms with Gasteiger partial charge in [-0.2, -0.15) is 13.2 Å². The molecule has 0 bridgehead atoms. The average molecular weight is 165 g/mol. The molecule has 0 aromatic carbocycles. The monoisotopic (exact) mass is 165 g/mol. The minimum atomic E-state index is -4.86. The summed E-state index contributed by atoms with van der Waals surface area (Å²) >= 11 is 0. The maximum Gasteiger partial charge on any atom is 0.471 e. The quantitative estimate of drug-likeness (QED) is 0.569. The van der Waals surface area contributed by atoms with Crippen molar-refractivity contribution in [1.29, 1.82) is 0 Å². The largest absolute Gasteiger partial charge is 0.471 e. The van der Waals surface area contributed by atoms with Crippen LogP contribution >= 0.6 is 0 Å². The third kappa shape index (κ3) is 3.50. The van der Waals surface area contributed by atoms with Crippen molar-refractivity contribution in [2.75, 3.05) is 0 Å².